The van der Waals surface area contributed by atoms with Gasteiger partial charge in [-0.1, -0.05) is 0 Å². The highest BCUT2D eigenvalue weighted by atomic mass is 16.4. The van der Waals surface area contributed by atoms with Crippen molar-refractivity contribution >= 4 is 12.1 Å². The zero-order valence-electron chi connectivity index (χ0n) is 5.65. The summed E-state index contributed by atoms with van der Waals surface area (Å²) < 4.78 is 0. The van der Waals surface area contributed by atoms with Gasteiger partial charge in [-0.2, -0.15) is 0 Å². The standard InChI is InChI=1S/C6H7NO4/c8-5(9)1-4-2-7(3-4)6(10)11/h1H,2-3H2,(H,8,9)(H,10,11). The van der Waals surface area contributed by atoms with Crippen LogP contribution >= 0.6 is 0 Å². The van der Waals surface area contributed by atoms with Gasteiger partial charge in [0.1, 0.15) is 0 Å². The van der Waals surface area contributed by atoms with Gasteiger partial charge in [0.25, 0.3) is 0 Å². The second-order valence-electron chi connectivity index (χ2n) is 2.28. The van der Waals surface area contributed by atoms with E-state index >= 15 is 0 Å². The molecule has 1 aliphatic heterocycles. The van der Waals surface area contributed by atoms with E-state index in [9.17, 15) is 9.59 Å². The molecular weight excluding hydrogens is 150 g/mol. The summed E-state index contributed by atoms with van der Waals surface area (Å²) in [5.74, 6) is -1.02. The van der Waals surface area contributed by atoms with E-state index in [1.54, 1.807) is 0 Å². The highest BCUT2D eigenvalue weighted by Crippen LogP contribution is 2.13. The van der Waals surface area contributed by atoms with Crippen molar-refractivity contribution in [1.29, 1.82) is 0 Å². The third kappa shape index (κ3) is 1.70. The van der Waals surface area contributed by atoms with Gasteiger partial charge in [0, 0.05) is 19.2 Å². The first-order valence-corrected chi connectivity index (χ1v) is 3.00. The number of hydrogen-bond donors (Lipinski definition) is 2. The normalized spacial score (nSPS) is 15.6. The predicted octanol–water partition coefficient (Wildman–Crippen LogP) is -0.00900. The molecule has 0 atom stereocenters. The Kier molecular flexibility index (Phi) is 1.80. The van der Waals surface area contributed by atoms with Crippen molar-refractivity contribution in [3.05, 3.63) is 11.6 Å². The van der Waals surface area contributed by atoms with Crippen LogP contribution in [0.1, 0.15) is 0 Å². The van der Waals surface area contributed by atoms with E-state index < -0.39 is 12.1 Å². The number of amides is 1. The fourth-order valence-electron chi connectivity index (χ4n) is 0.845. The molecule has 60 valence electrons. The van der Waals surface area contributed by atoms with E-state index in [1.165, 1.54) is 0 Å². The number of rotatable bonds is 1. The number of carbonyl (C=O) groups is 2. The molecule has 1 fully saturated rings. The van der Waals surface area contributed by atoms with Crippen molar-refractivity contribution in [1.82, 2.24) is 4.90 Å². The van der Waals surface area contributed by atoms with Crippen LogP contribution in [0.5, 0.6) is 0 Å². The smallest absolute Gasteiger partial charge is 0.407 e. The van der Waals surface area contributed by atoms with Crippen molar-refractivity contribution in [3.63, 3.8) is 0 Å². The van der Waals surface area contributed by atoms with E-state index in [1.807, 2.05) is 0 Å². The van der Waals surface area contributed by atoms with Crippen LogP contribution in [0.3, 0.4) is 0 Å². The van der Waals surface area contributed by atoms with Crippen LogP contribution in [0.2, 0.25) is 0 Å². The molecular formula is C6H7NO4. The molecule has 0 saturated carbocycles. The largest absolute Gasteiger partial charge is 0.478 e. The molecule has 1 heterocycles. The van der Waals surface area contributed by atoms with Gasteiger partial charge in [0.05, 0.1) is 0 Å². The Balaban J connectivity index is 2.40. The maximum atomic E-state index is 10.2. The summed E-state index contributed by atoms with van der Waals surface area (Å²) in [6.07, 6.45) is 0.0342. The van der Waals surface area contributed by atoms with Crippen molar-refractivity contribution in [2.24, 2.45) is 0 Å². The van der Waals surface area contributed by atoms with Crippen LogP contribution in [-0.4, -0.2) is 40.3 Å². The number of carboxylic acids is 1. The molecule has 1 aliphatic rings. The molecule has 0 bridgehead atoms. The minimum absolute atomic E-state index is 0.224. The van der Waals surface area contributed by atoms with Crippen LogP contribution in [0.25, 0.3) is 0 Å². The van der Waals surface area contributed by atoms with Gasteiger partial charge in [-0.05, 0) is 5.57 Å². The van der Waals surface area contributed by atoms with Crippen LogP contribution in [0.4, 0.5) is 4.79 Å². The molecule has 5 heteroatoms. The zero-order chi connectivity index (χ0) is 8.43. The summed E-state index contributed by atoms with van der Waals surface area (Å²) in [7, 11) is 0. The molecule has 5 nitrogen and oxygen atoms in total. The number of aliphatic carboxylic acids is 1. The minimum Gasteiger partial charge on any atom is -0.478 e. The van der Waals surface area contributed by atoms with Crippen LogP contribution in [-0.2, 0) is 4.79 Å². The summed E-state index contributed by atoms with van der Waals surface area (Å²) in [5, 5.41) is 16.6. The Morgan fingerprint density at radius 1 is 1.36 bits per heavy atom. The molecule has 0 spiro atoms. The molecule has 0 radical (unpaired) electrons. The average molecular weight is 157 g/mol. The molecule has 11 heavy (non-hydrogen) atoms. The van der Waals surface area contributed by atoms with Crippen molar-refractivity contribution in [2.45, 2.75) is 0 Å². The zero-order valence-corrected chi connectivity index (χ0v) is 5.65. The van der Waals surface area contributed by atoms with Gasteiger partial charge in [0.2, 0.25) is 0 Å². The summed E-state index contributed by atoms with van der Waals surface area (Å²) in [4.78, 5) is 21.3. The Hall–Kier alpha value is -1.52. The maximum Gasteiger partial charge on any atom is 0.407 e. The highest BCUT2D eigenvalue weighted by molar-refractivity contribution is 5.82. The molecule has 0 aliphatic carbocycles. The molecule has 2 N–H and O–H groups in total. The maximum absolute atomic E-state index is 10.2. The molecule has 0 aromatic rings. The summed E-state index contributed by atoms with van der Waals surface area (Å²) in [5.41, 5.74) is 0.639. The monoisotopic (exact) mass is 157 g/mol. The molecule has 1 amide bonds. The second kappa shape index (κ2) is 2.61. The molecule has 0 aromatic heterocycles. The van der Waals surface area contributed by atoms with Gasteiger partial charge in [-0.3, -0.25) is 0 Å². The first-order chi connectivity index (χ1) is 5.09. The number of carboxylic acid groups (broad SMARTS) is 2. The molecule has 1 saturated heterocycles. The van der Waals surface area contributed by atoms with Gasteiger partial charge >= 0.3 is 12.1 Å². The molecule has 0 aromatic carbocycles. The first-order valence-electron chi connectivity index (χ1n) is 3.00. The lowest BCUT2D eigenvalue weighted by Crippen LogP contribution is -2.43. The lowest BCUT2D eigenvalue weighted by atomic mass is 10.1. The number of hydrogen-bond acceptors (Lipinski definition) is 2. The van der Waals surface area contributed by atoms with Gasteiger partial charge < -0.3 is 15.1 Å². The second-order valence-corrected chi connectivity index (χ2v) is 2.28. The predicted molar refractivity (Wildman–Crippen MR) is 35.3 cm³/mol. The van der Waals surface area contributed by atoms with Crippen LogP contribution in [0.15, 0.2) is 11.6 Å². The van der Waals surface area contributed by atoms with E-state index in [0.29, 0.717) is 5.57 Å². The highest BCUT2D eigenvalue weighted by Gasteiger charge is 2.24. The molecule has 1 rings (SSSR count). The van der Waals surface area contributed by atoms with Crippen LogP contribution < -0.4 is 0 Å². The van der Waals surface area contributed by atoms with Crippen molar-refractivity contribution in [2.75, 3.05) is 13.1 Å². The first kappa shape index (κ1) is 7.59. The van der Waals surface area contributed by atoms with Gasteiger partial charge in [-0.15, -0.1) is 0 Å². The third-order valence-corrected chi connectivity index (χ3v) is 1.39. The van der Waals surface area contributed by atoms with Crippen molar-refractivity contribution in [3.8, 4) is 0 Å². The van der Waals surface area contributed by atoms with E-state index in [2.05, 4.69) is 0 Å². The Morgan fingerprint density at radius 3 is 2.27 bits per heavy atom. The lowest BCUT2D eigenvalue weighted by molar-refractivity contribution is -0.131. The molecule has 0 unspecified atom stereocenters. The lowest BCUT2D eigenvalue weighted by Gasteiger charge is -2.30. The fraction of sp³-hybridized carbons (Fsp3) is 0.333. The van der Waals surface area contributed by atoms with Crippen LogP contribution in [0, 0.1) is 0 Å². The summed E-state index contributed by atoms with van der Waals surface area (Å²) >= 11 is 0. The summed E-state index contributed by atoms with van der Waals surface area (Å²) in [6, 6.07) is 0. The quantitative estimate of drug-likeness (QED) is 0.525. The number of nitrogens with zero attached hydrogens (tertiary/aromatic N) is 1. The summed E-state index contributed by atoms with van der Waals surface area (Å²) in [6.45, 7) is 0.448. The number of likely N-dealkylation sites (tertiary alicyclic amines) is 1. The third-order valence-electron chi connectivity index (χ3n) is 1.39. The average Bonchev–Trinajstić information content (AvgIpc) is 1.75. The van der Waals surface area contributed by atoms with Gasteiger partial charge in [0.15, 0.2) is 0 Å². The van der Waals surface area contributed by atoms with Gasteiger partial charge in [-0.25, -0.2) is 9.59 Å². The Labute approximate surface area is 62.5 Å². The fourth-order valence-corrected chi connectivity index (χ4v) is 0.845. The topological polar surface area (TPSA) is 77.8 Å². The minimum atomic E-state index is -1.02. The Bertz CT molecular complexity index is 225. The Morgan fingerprint density at radius 2 is 1.91 bits per heavy atom. The van der Waals surface area contributed by atoms with E-state index in [0.717, 1.165) is 11.0 Å². The van der Waals surface area contributed by atoms with E-state index in [-0.39, 0.29) is 13.1 Å². The van der Waals surface area contributed by atoms with E-state index in [4.69, 9.17) is 10.2 Å². The SMILES string of the molecule is O=C(O)C=C1CN(C(=O)O)C1. The van der Waals surface area contributed by atoms with Crippen molar-refractivity contribution < 1.29 is 19.8 Å².